The highest BCUT2D eigenvalue weighted by Crippen LogP contribution is 2.29. The van der Waals surface area contributed by atoms with E-state index < -0.39 is 0 Å². The van der Waals surface area contributed by atoms with E-state index in [1.54, 1.807) is 0 Å². The highest BCUT2D eigenvalue weighted by molar-refractivity contribution is 5.98. The van der Waals surface area contributed by atoms with Crippen LogP contribution in [-0.4, -0.2) is 47.3 Å². The molecule has 0 amide bonds. The van der Waals surface area contributed by atoms with Crippen molar-refractivity contribution in [3.63, 3.8) is 0 Å². The molecule has 0 bridgehead atoms. The number of hydrogen-bond acceptors (Lipinski definition) is 3. The quantitative estimate of drug-likeness (QED) is 0.488. The molecule has 0 atom stereocenters. The fraction of sp³-hybridized carbons (Fsp3) is 0.192. The average molecular weight is 395 g/mol. The summed E-state index contributed by atoms with van der Waals surface area (Å²) in [6, 6.07) is 30.3. The summed E-state index contributed by atoms with van der Waals surface area (Å²) in [5, 5.41) is 8.18. The van der Waals surface area contributed by atoms with Crippen LogP contribution >= 0.6 is 0 Å². The predicted octanol–water partition coefficient (Wildman–Crippen LogP) is 4.91. The Labute approximate surface area is 177 Å². The second kappa shape index (κ2) is 8.56. The van der Waals surface area contributed by atoms with Gasteiger partial charge in [-0.05, 0) is 17.2 Å². The van der Waals surface area contributed by atoms with Crippen molar-refractivity contribution >= 4 is 17.1 Å². The minimum absolute atomic E-state index is 0.284. The lowest BCUT2D eigenvalue weighted by molar-refractivity contribution is 0.113. The molecule has 0 unspecified atom stereocenters. The Morgan fingerprint density at radius 3 is 2.00 bits per heavy atom. The van der Waals surface area contributed by atoms with E-state index in [-0.39, 0.29) is 6.04 Å². The highest BCUT2D eigenvalue weighted by Gasteiger charge is 2.25. The van der Waals surface area contributed by atoms with E-state index in [2.05, 4.69) is 99.8 Å². The van der Waals surface area contributed by atoms with Crippen molar-refractivity contribution in [2.45, 2.75) is 6.04 Å². The largest absolute Gasteiger partial charge is 0.361 e. The topological polar surface area (TPSA) is 34.6 Å². The molecule has 0 aliphatic carbocycles. The van der Waals surface area contributed by atoms with Crippen molar-refractivity contribution in [2.75, 3.05) is 26.2 Å². The Bertz CT molecular complexity index is 1070. The van der Waals surface area contributed by atoms with Crippen LogP contribution in [-0.2, 0) is 0 Å². The van der Waals surface area contributed by atoms with Gasteiger partial charge in [0.05, 0.1) is 12.3 Å². The highest BCUT2D eigenvalue weighted by atomic mass is 15.5. The van der Waals surface area contributed by atoms with Crippen LogP contribution < -0.4 is 0 Å². The van der Waals surface area contributed by atoms with Crippen LogP contribution in [0.5, 0.6) is 0 Å². The summed E-state index contributed by atoms with van der Waals surface area (Å²) in [5.74, 6) is 0. The molecule has 0 radical (unpaired) electrons. The van der Waals surface area contributed by atoms with Crippen LogP contribution in [0.1, 0.15) is 22.7 Å². The van der Waals surface area contributed by atoms with Gasteiger partial charge in [-0.3, -0.25) is 9.91 Å². The zero-order valence-electron chi connectivity index (χ0n) is 17.0. The van der Waals surface area contributed by atoms with E-state index in [0.29, 0.717) is 0 Å². The van der Waals surface area contributed by atoms with Gasteiger partial charge in [0.15, 0.2) is 0 Å². The summed E-state index contributed by atoms with van der Waals surface area (Å²) in [4.78, 5) is 5.89. The number of nitrogens with zero attached hydrogens (tertiary/aromatic N) is 3. The molecule has 1 aromatic heterocycles. The van der Waals surface area contributed by atoms with Crippen molar-refractivity contribution < 1.29 is 0 Å². The van der Waals surface area contributed by atoms with Crippen LogP contribution in [0.4, 0.5) is 0 Å². The summed E-state index contributed by atoms with van der Waals surface area (Å²) >= 11 is 0. The lowest BCUT2D eigenvalue weighted by Crippen LogP contribution is -2.45. The van der Waals surface area contributed by atoms with Crippen LogP contribution in [0.2, 0.25) is 0 Å². The SMILES string of the molecule is C(=NN1CCN(C(c2ccccc2)c2ccccc2)CC1)c1c[nH]c2ccccc12. The van der Waals surface area contributed by atoms with E-state index in [1.807, 2.05) is 12.4 Å². The number of piperazine rings is 1. The van der Waals surface area contributed by atoms with Crippen molar-refractivity contribution in [1.29, 1.82) is 0 Å². The minimum atomic E-state index is 0.284. The summed E-state index contributed by atoms with van der Waals surface area (Å²) < 4.78 is 0. The van der Waals surface area contributed by atoms with Crippen LogP contribution in [0.25, 0.3) is 10.9 Å². The monoisotopic (exact) mass is 394 g/mol. The lowest BCUT2D eigenvalue weighted by atomic mass is 9.96. The normalized spacial score (nSPS) is 15.4. The molecule has 1 saturated heterocycles. The molecule has 0 saturated carbocycles. The van der Waals surface area contributed by atoms with E-state index >= 15 is 0 Å². The molecule has 4 heteroatoms. The molecule has 30 heavy (non-hydrogen) atoms. The van der Waals surface area contributed by atoms with Gasteiger partial charge in [0, 0.05) is 48.8 Å². The van der Waals surface area contributed by atoms with E-state index in [0.717, 1.165) is 37.3 Å². The maximum absolute atomic E-state index is 4.78. The van der Waals surface area contributed by atoms with Crippen molar-refractivity contribution in [2.24, 2.45) is 5.10 Å². The van der Waals surface area contributed by atoms with Crippen molar-refractivity contribution in [3.8, 4) is 0 Å². The first-order valence-electron chi connectivity index (χ1n) is 10.6. The Morgan fingerprint density at radius 1 is 0.733 bits per heavy atom. The molecule has 4 nitrogen and oxygen atoms in total. The average Bonchev–Trinajstić information content (AvgIpc) is 3.23. The van der Waals surface area contributed by atoms with Crippen molar-refractivity contribution in [1.82, 2.24) is 14.9 Å². The molecule has 1 aliphatic heterocycles. The standard InChI is InChI=1S/C26H26N4/c1-3-9-21(10-4-1)26(22-11-5-2-6-12-22)29-15-17-30(18-16-29)28-20-23-19-27-25-14-8-7-13-24(23)25/h1-14,19-20,26-27H,15-18H2. The van der Waals surface area contributed by atoms with E-state index in [4.69, 9.17) is 5.10 Å². The molecule has 4 aromatic rings. The lowest BCUT2D eigenvalue weighted by Gasteiger charge is -2.38. The van der Waals surface area contributed by atoms with E-state index in [9.17, 15) is 0 Å². The van der Waals surface area contributed by atoms with Crippen LogP contribution in [0, 0.1) is 0 Å². The first-order chi connectivity index (χ1) is 14.9. The van der Waals surface area contributed by atoms with Crippen LogP contribution in [0.3, 0.4) is 0 Å². The summed E-state index contributed by atoms with van der Waals surface area (Å²) in [6.07, 6.45) is 4.02. The summed E-state index contributed by atoms with van der Waals surface area (Å²) in [6.45, 7) is 3.82. The Hall–Kier alpha value is -3.37. The van der Waals surface area contributed by atoms with Gasteiger partial charge in [0.25, 0.3) is 0 Å². The van der Waals surface area contributed by atoms with E-state index in [1.165, 1.54) is 16.5 Å². The number of rotatable bonds is 5. The molecule has 3 aromatic carbocycles. The first kappa shape index (κ1) is 18.6. The number of hydrazone groups is 1. The molecule has 5 rings (SSSR count). The molecule has 0 spiro atoms. The Balaban J connectivity index is 1.30. The van der Waals surface area contributed by atoms with Crippen molar-refractivity contribution in [3.05, 3.63) is 108 Å². The fourth-order valence-electron chi connectivity index (χ4n) is 4.31. The Morgan fingerprint density at radius 2 is 1.33 bits per heavy atom. The third kappa shape index (κ3) is 3.87. The zero-order valence-corrected chi connectivity index (χ0v) is 17.0. The van der Waals surface area contributed by atoms with Gasteiger partial charge < -0.3 is 4.98 Å². The number of para-hydroxylation sites is 1. The minimum Gasteiger partial charge on any atom is -0.361 e. The molecule has 1 fully saturated rings. The van der Waals surface area contributed by atoms with Gasteiger partial charge in [-0.2, -0.15) is 5.10 Å². The molecule has 1 aliphatic rings. The maximum Gasteiger partial charge on any atom is 0.0603 e. The second-order valence-electron chi connectivity index (χ2n) is 7.75. The van der Waals surface area contributed by atoms with Gasteiger partial charge >= 0.3 is 0 Å². The number of nitrogens with one attached hydrogen (secondary N) is 1. The van der Waals surface area contributed by atoms with Gasteiger partial charge in [0.2, 0.25) is 0 Å². The van der Waals surface area contributed by atoms with Gasteiger partial charge in [0.1, 0.15) is 0 Å². The number of aromatic nitrogens is 1. The second-order valence-corrected chi connectivity index (χ2v) is 7.75. The van der Waals surface area contributed by atoms with Gasteiger partial charge in [-0.25, -0.2) is 0 Å². The third-order valence-electron chi connectivity index (χ3n) is 5.87. The number of fused-ring (bicyclic) bond motifs is 1. The van der Waals surface area contributed by atoms with Gasteiger partial charge in [-0.1, -0.05) is 78.9 Å². The molecule has 1 N–H and O–H groups in total. The summed E-state index contributed by atoms with van der Waals surface area (Å²) in [5.41, 5.74) is 4.98. The first-order valence-corrected chi connectivity index (χ1v) is 10.6. The zero-order chi connectivity index (χ0) is 20.2. The molecule has 150 valence electrons. The third-order valence-corrected chi connectivity index (χ3v) is 5.87. The predicted molar refractivity (Wildman–Crippen MR) is 124 cm³/mol. The number of aromatic amines is 1. The molecular formula is C26H26N4. The van der Waals surface area contributed by atoms with Gasteiger partial charge in [-0.15, -0.1) is 0 Å². The summed E-state index contributed by atoms with van der Waals surface area (Å²) in [7, 11) is 0. The number of H-pyrrole nitrogens is 1. The molecule has 2 heterocycles. The Kier molecular flexibility index (Phi) is 5.32. The number of benzene rings is 3. The smallest absolute Gasteiger partial charge is 0.0603 e. The number of hydrogen-bond donors (Lipinski definition) is 1. The fourth-order valence-corrected chi connectivity index (χ4v) is 4.31. The maximum atomic E-state index is 4.78. The molecular weight excluding hydrogens is 368 g/mol. The van der Waals surface area contributed by atoms with Crippen LogP contribution in [0.15, 0.2) is 96.2 Å².